The summed E-state index contributed by atoms with van der Waals surface area (Å²) in [7, 11) is 0. The second kappa shape index (κ2) is 6.87. The Hall–Kier alpha value is 0.350. The molecule has 110 valence electrons. The molecule has 1 rings (SSSR count). The van der Waals surface area contributed by atoms with Crippen LogP contribution in [-0.2, 0) is 9.59 Å². The molecule has 0 spiro atoms. The monoisotopic (exact) mass is 322 g/mol. The van der Waals surface area contributed by atoms with Gasteiger partial charge in [-0.3, -0.25) is 0 Å². The average Bonchev–Trinajstić information content (AvgIpc) is 2.71. The van der Waals surface area contributed by atoms with Crippen molar-refractivity contribution in [1.82, 2.24) is 0 Å². The molecule has 0 radical (unpaired) electrons. The van der Waals surface area contributed by atoms with Crippen LogP contribution in [0.1, 0.15) is 19.8 Å². The van der Waals surface area contributed by atoms with Gasteiger partial charge in [-0.1, -0.05) is 6.92 Å². The summed E-state index contributed by atoms with van der Waals surface area (Å²) in [5, 5.41) is 11.1. The highest BCUT2D eigenvalue weighted by atomic mass is 32.3. The standard InChI is InChI=1S/C13H22O3S3/c1-9-5-12(16,13(17-2,18-3)19-4)6-11(9)10(7-14)8-15/h7-11,16H,5-6H2,1-4H3. The first-order chi connectivity index (χ1) is 8.93. The minimum Gasteiger partial charge on any atom is -0.387 e. The maximum atomic E-state index is 11.1. The number of thioether (sulfide) groups is 3. The molecule has 0 aromatic carbocycles. The van der Waals surface area contributed by atoms with Crippen LogP contribution in [0.25, 0.3) is 0 Å². The third-order valence-electron chi connectivity index (χ3n) is 4.15. The molecule has 3 unspecified atom stereocenters. The van der Waals surface area contributed by atoms with Crippen LogP contribution in [0.15, 0.2) is 0 Å². The van der Waals surface area contributed by atoms with Crippen molar-refractivity contribution in [3.8, 4) is 0 Å². The molecular formula is C13H22O3S3. The molecule has 0 bridgehead atoms. The molecule has 1 aliphatic rings. The smallest absolute Gasteiger partial charge is 0.135 e. The van der Waals surface area contributed by atoms with Crippen molar-refractivity contribution in [2.24, 2.45) is 17.8 Å². The van der Waals surface area contributed by atoms with Crippen molar-refractivity contribution >= 4 is 47.9 Å². The minimum absolute atomic E-state index is 0.0502. The molecule has 0 saturated heterocycles. The number of carbonyl (C=O) groups excluding carboxylic acids is 2. The van der Waals surface area contributed by atoms with Crippen molar-refractivity contribution in [3.63, 3.8) is 0 Å². The van der Waals surface area contributed by atoms with E-state index in [1.165, 1.54) is 0 Å². The Bertz CT molecular complexity index is 317. The zero-order chi connectivity index (χ0) is 14.7. The Labute approximate surface area is 128 Å². The Balaban J connectivity index is 3.03. The van der Waals surface area contributed by atoms with Gasteiger partial charge in [0.15, 0.2) is 0 Å². The largest absolute Gasteiger partial charge is 0.387 e. The van der Waals surface area contributed by atoms with Crippen LogP contribution in [0.2, 0.25) is 0 Å². The molecule has 0 amide bonds. The van der Waals surface area contributed by atoms with Gasteiger partial charge in [0, 0.05) is 0 Å². The summed E-state index contributed by atoms with van der Waals surface area (Å²) in [5.41, 5.74) is -0.848. The van der Waals surface area contributed by atoms with Gasteiger partial charge >= 0.3 is 0 Å². The maximum absolute atomic E-state index is 11.1. The molecule has 19 heavy (non-hydrogen) atoms. The van der Waals surface area contributed by atoms with Crippen LogP contribution >= 0.6 is 35.3 Å². The van der Waals surface area contributed by atoms with E-state index in [9.17, 15) is 14.7 Å². The molecule has 1 N–H and O–H groups in total. The fraction of sp³-hybridized carbons (Fsp3) is 0.846. The molecule has 6 heteroatoms. The summed E-state index contributed by atoms with van der Waals surface area (Å²) in [6.07, 6.45) is 8.59. The average molecular weight is 323 g/mol. The van der Waals surface area contributed by atoms with Crippen molar-refractivity contribution in [1.29, 1.82) is 0 Å². The van der Waals surface area contributed by atoms with Gasteiger partial charge in [0.1, 0.15) is 16.0 Å². The first-order valence-corrected chi connectivity index (χ1v) is 9.89. The van der Waals surface area contributed by atoms with Crippen LogP contribution in [0.4, 0.5) is 0 Å². The molecule has 0 aromatic rings. The van der Waals surface area contributed by atoms with E-state index in [0.29, 0.717) is 12.8 Å². The lowest BCUT2D eigenvalue weighted by molar-refractivity contribution is -0.121. The van der Waals surface area contributed by atoms with Gasteiger partial charge in [0.25, 0.3) is 0 Å². The molecule has 3 nitrogen and oxygen atoms in total. The first-order valence-electron chi connectivity index (χ1n) is 6.22. The second-order valence-electron chi connectivity index (χ2n) is 5.10. The predicted octanol–water partition coefficient (Wildman–Crippen LogP) is 2.52. The summed E-state index contributed by atoms with van der Waals surface area (Å²) in [6.45, 7) is 2.02. The van der Waals surface area contributed by atoms with Crippen molar-refractivity contribution < 1.29 is 14.7 Å². The van der Waals surface area contributed by atoms with Gasteiger partial charge in [0.2, 0.25) is 0 Å². The molecule has 1 fully saturated rings. The number of rotatable bonds is 7. The van der Waals surface area contributed by atoms with E-state index in [2.05, 4.69) is 0 Å². The molecule has 0 aliphatic heterocycles. The molecule has 0 heterocycles. The van der Waals surface area contributed by atoms with Crippen LogP contribution in [0.3, 0.4) is 0 Å². The maximum Gasteiger partial charge on any atom is 0.135 e. The van der Waals surface area contributed by atoms with E-state index in [0.717, 1.165) is 12.6 Å². The van der Waals surface area contributed by atoms with Crippen molar-refractivity contribution in [2.75, 3.05) is 18.8 Å². The fourth-order valence-electron chi connectivity index (χ4n) is 3.18. The highest BCUT2D eigenvalue weighted by molar-refractivity contribution is 8.33. The summed E-state index contributed by atoms with van der Waals surface area (Å²) >= 11 is 4.93. The lowest BCUT2D eigenvalue weighted by Crippen LogP contribution is -2.45. The lowest BCUT2D eigenvalue weighted by atomic mass is 9.86. The van der Waals surface area contributed by atoms with E-state index >= 15 is 0 Å². The van der Waals surface area contributed by atoms with Gasteiger partial charge < -0.3 is 14.7 Å². The van der Waals surface area contributed by atoms with Crippen molar-refractivity contribution in [2.45, 2.75) is 28.8 Å². The van der Waals surface area contributed by atoms with E-state index in [4.69, 9.17) is 0 Å². The molecule has 1 aliphatic carbocycles. The van der Waals surface area contributed by atoms with E-state index in [1.54, 1.807) is 35.3 Å². The van der Waals surface area contributed by atoms with Crippen LogP contribution in [0.5, 0.6) is 0 Å². The Morgan fingerprint density at radius 2 is 1.63 bits per heavy atom. The number of hydrogen-bond acceptors (Lipinski definition) is 6. The molecular weight excluding hydrogens is 300 g/mol. The Morgan fingerprint density at radius 3 is 2.00 bits per heavy atom. The summed E-state index contributed by atoms with van der Waals surface area (Å²) in [6, 6.07) is 0. The topological polar surface area (TPSA) is 54.4 Å². The van der Waals surface area contributed by atoms with Crippen molar-refractivity contribution in [3.05, 3.63) is 0 Å². The summed E-state index contributed by atoms with van der Waals surface area (Å²) in [4.78, 5) is 22.0. The molecule has 1 saturated carbocycles. The predicted molar refractivity (Wildman–Crippen MR) is 85.7 cm³/mol. The van der Waals surface area contributed by atoms with E-state index in [1.807, 2.05) is 25.7 Å². The normalized spacial score (nSPS) is 31.7. The number of aldehydes is 2. The summed E-state index contributed by atoms with van der Waals surface area (Å²) in [5.74, 6) is -0.464. The van der Waals surface area contributed by atoms with E-state index in [-0.39, 0.29) is 15.2 Å². The number of aliphatic hydroxyl groups is 1. The third kappa shape index (κ3) is 3.01. The Kier molecular flexibility index (Phi) is 6.29. The van der Waals surface area contributed by atoms with Gasteiger partial charge in [0.05, 0.1) is 11.5 Å². The lowest BCUT2D eigenvalue weighted by Gasteiger charge is -2.42. The number of hydrogen-bond donors (Lipinski definition) is 1. The SMILES string of the molecule is CSC(SC)(SC)C1(O)CC(C)C(C(C=O)C=O)C1. The summed E-state index contributed by atoms with van der Waals surface area (Å²) < 4.78 is -0.341. The van der Waals surface area contributed by atoms with Gasteiger partial charge in [-0.2, -0.15) is 0 Å². The van der Waals surface area contributed by atoms with Gasteiger partial charge in [-0.05, 0) is 43.4 Å². The number of carbonyl (C=O) groups is 2. The minimum atomic E-state index is -0.848. The van der Waals surface area contributed by atoms with Crippen LogP contribution in [-0.4, -0.2) is 45.5 Å². The van der Waals surface area contributed by atoms with Crippen LogP contribution < -0.4 is 0 Å². The highest BCUT2D eigenvalue weighted by Gasteiger charge is 2.56. The molecule has 3 atom stereocenters. The quantitative estimate of drug-likeness (QED) is 0.441. The third-order valence-corrected chi connectivity index (χ3v) is 9.90. The van der Waals surface area contributed by atoms with Gasteiger partial charge in [-0.25, -0.2) is 0 Å². The Morgan fingerprint density at radius 1 is 1.16 bits per heavy atom. The van der Waals surface area contributed by atoms with E-state index < -0.39 is 11.5 Å². The second-order valence-corrected chi connectivity index (χ2v) is 8.94. The van der Waals surface area contributed by atoms with Gasteiger partial charge in [-0.15, -0.1) is 35.3 Å². The first kappa shape index (κ1) is 17.4. The highest BCUT2D eigenvalue weighted by Crippen LogP contribution is 2.59. The fourth-order valence-corrected chi connectivity index (χ4v) is 6.82. The van der Waals surface area contributed by atoms with Crippen LogP contribution in [0, 0.1) is 17.8 Å². The molecule has 0 aromatic heterocycles. The zero-order valence-corrected chi connectivity index (χ0v) is 14.2. The zero-order valence-electron chi connectivity index (χ0n) is 11.8.